The fourth-order valence-corrected chi connectivity index (χ4v) is 5.35. The van der Waals surface area contributed by atoms with E-state index >= 15 is 0 Å². The summed E-state index contributed by atoms with van der Waals surface area (Å²) in [7, 11) is 0. The molecule has 2 amide bonds. The van der Waals surface area contributed by atoms with Crippen LogP contribution in [-0.2, 0) is 11.3 Å². The molecule has 0 saturated carbocycles. The number of benzene rings is 2. The van der Waals surface area contributed by atoms with Gasteiger partial charge in [0.05, 0.1) is 22.4 Å². The number of hydrogen-bond donors (Lipinski definition) is 2. The second-order valence-corrected chi connectivity index (χ2v) is 11.0. The van der Waals surface area contributed by atoms with Gasteiger partial charge in [-0.05, 0) is 55.7 Å². The maximum Gasteiger partial charge on any atom is 0.253 e. The summed E-state index contributed by atoms with van der Waals surface area (Å²) in [5.74, 6) is 0.402. The molecule has 0 aliphatic rings. The fourth-order valence-electron chi connectivity index (χ4n) is 3.52. The number of carbonyl (C=O) groups excluding carboxylic acids is 2. The third-order valence-electron chi connectivity index (χ3n) is 5.04. The average molecular weight is 589 g/mol. The molecule has 1 atom stereocenters. The van der Waals surface area contributed by atoms with Crippen LogP contribution in [0, 0.1) is 5.92 Å². The summed E-state index contributed by atoms with van der Waals surface area (Å²) < 4.78 is 1.89. The Balaban J connectivity index is 1.75. The number of nitrogens with one attached hydrogen (secondary N) is 2. The zero-order valence-electron chi connectivity index (χ0n) is 19.8. The normalized spacial score (nSPS) is 12.0. The van der Waals surface area contributed by atoms with Crippen molar-refractivity contribution in [1.82, 2.24) is 20.1 Å². The molecule has 0 bridgehead atoms. The molecule has 0 aliphatic heterocycles. The Morgan fingerprint density at radius 3 is 2.31 bits per heavy atom. The van der Waals surface area contributed by atoms with Crippen molar-refractivity contribution < 1.29 is 9.59 Å². The van der Waals surface area contributed by atoms with Gasteiger partial charge in [0.1, 0.15) is 0 Å². The van der Waals surface area contributed by atoms with Crippen LogP contribution in [0.15, 0.2) is 41.6 Å². The third-order valence-corrected chi connectivity index (χ3v) is 6.99. The lowest BCUT2D eigenvalue weighted by atomic mass is 10.0. The molecule has 0 aliphatic carbocycles. The number of thioether (sulfide) groups is 1. The molecule has 0 radical (unpaired) electrons. The predicted octanol–water partition coefficient (Wildman–Crippen LogP) is 7.16. The van der Waals surface area contributed by atoms with Crippen LogP contribution in [0.2, 0.25) is 20.1 Å². The van der Waals surface area contributed by atoms with Gasteiger partial charge in [-0.1, -0.05) is 72.0 Å². The minimum absolute atomic E-state index is 0.101. The predicted molar refractivity (Wildman–Crippen MR) is 148 cm³/mol. The lowest BCUT2D eigenvalue weighted by Gasteiger charge is -2.21. The topological polar surface area (TPSA) is 88.9 Å². The molecule has 7 nitrogen and oxygen atoms in total. The highest BCUT2D eigenvalue weighted by molar-refractivity contribution is 7.99. The summed E-state index contributed by atoms with van der Waals surface area (Å²) in [4.78, 5) is 25.5. The smallest absolute Gasteiger partial charge is 0.253 e. The minimum Gasteiger partial charge on any atom is -0.342 e. The highest BCUT2D eigenvalue weighted by Gasteiger charge is 2.25. The van der Waals surface area contributed by atoms with Crippen molar-refractivity contribution in [2.24, 2.45) is 5.92 Å². The Hall–Kier alpha value is -1.97. The number of aromatic nitrogens is 3. The van der Waals surface area contributed by atoms with E-state index in [1.165, 1.54) is 17.8 Å². The van der Waals surface area contributed by atoms with Gasteiger partial charge in [0.2, 0.25) is 5.91 Å². The van der Waals surface area contributed by atoms with Crippen LogP contribution < -0.4 is 10.6 Å². The molecule has 0 spiro atoms. The number of nitrogens with zero attached hydrogens (tertiary/aromatic N) is 3. The monoisotopic (exact) mass is 587 g/mol. The van der Waals surface area contributed by atoms with Gasteiger partial charge in [-0.15, -0.1) is 10.2 Å². The molecule has 0 fully saturated rings. The van der Waals surface area contributed by atoms with Crippen molar-refractivity contribution in [2.45, 2.75) is 44.9 Å². The lowest BCUT2D eigenvalue weighted by Crippen LogP contribution is -2.31. The van der Waals surface area contributed by atoms with Crippen LogP contribution in [0.4, 0.5) is 5.69 Å². The Morgan fingerprint density at radius 2 is 1.69 bits per heavy atom. The zero-order chi connectivity index (χ0) is 26.4. The summed E-state index contributed by atoms with van der Waals surface area (Å²) in [6.07, 6.45) is 0.635. The number of rotatable bonds is 10. The van der Waals surface area contributed by atoms with Gasteiger partial charge in [0, 0.05) is 27.3 Å². The second kappa shape index (κ2) is 13.0. The maximum atomic E-state index is 13.0. The van der Waals surface area contributed by atoms with E-state index in [9.17, 15) is 9.59 Å². The minimum atomic E-state index is -0.409. The van der Waals surface area contributed by atoms with E-state index < -0.39 is 6.04 Å². The highest BCUT2D eigenvalue weighted by Crippen LogP contribution is 2.27. The molecule has 2 N–H and O–H groups in total. The van der Waals surface area contributed by atoms with Gasteiger partial charge < -0.3 is 15.2 Å². The third kappa shape index (κ3) is 7.76. The van der Waals surface area contributed by atoms with E-state index in [0.29, 0.717) is 50.3 Å². The number of amides is 2. The molecule has 192 valence electrons. The Labute approximate surface area is 234 Å². The number of halogens is 4. The van der Waals surface area contributed by atoms with Crippen LogP contribution in [0.5, 0.6) is 0 Å². The van der Waals surface area contributed by atoms with E-state index in [1.807, 2.05) is 11.5 Å². The summed E-state index contributed by atoms with van der Waals surface area (Å²) in [6.45, 7) is 6.63. The molecular formula is C24H25Cl4N5O2S. The van der Waals surface area contributed by atoms with Crippen LogP contribution in [0.1, 0.15) is 49.4 Å². The maximum absolute atomic E-state index is 13.0. The van der Waals surface area contributed by atoms with Gasteiger partial charge in [-0.25, -0.2) is 0 Å². The van der Waals surface area contributed by atoms with Gasteiger partial charge >= 0.3 is 0 Å². The van der Waals surface area contributed by atoms with E-state index in [2.05, 4.69) is 34.7 Å². The largest absolute Gasteiger partial charge is 0.342 e. The van der Waals surface area contributed by atoms with Crippen LogP contribution >= 0.6 is 58.2 Å². The number of hydrogen-bond acceptors (Lipinski definition) is 5. The molecule has 36 heavy (non-hydrogen) atoms. The van der Waals surface area contributed by atoms with Crippen molar-refractivity contribution in [3.8, 4) is 0 Å². The van der Waals surface area contributed by atoms with Crippen LogP contribution in [0.25, 0.3) is 0 Å². The van der Waals surface area contributed by atoms with Crippen molar-refractivity contribution in [3.63, 3.8) is 0 Å². The fraction of sp³-hybridized carbons (Fsp3) is 0.333. The SMILES string of the molecule is CCn1c(SCC(=O)Nc2cc(Cl)cc(Cl)c2)nnc1[C@H](CC(C)C)NC(=O)c1ccc(Cl)cc1Cl. The first kappa shape index (κ1) is 28.6. The van der Waals surface area contributed by atoms with E-state index in [1.54, 1.807) is 30.3 Å². The molecule has 2 aromatic carbocycles. The Morgan fingerprint density at radius 1 is 1.00 bits per heavy atom. The molecule has 1 aromatic heterocycles. The van der Waals surface area contributed by atoms with Crippen molar-refractivity contribution in [1.29, 1.82) is 0 Å². The first-order valence-corrected chi connectivity index (χ1v) is 13.6. The Bertz CT molecular complexity index is 1230. The van der Waals surface area contributed by atoms with Gasteiger partial charge in [0.25, 0.3) is 5.91 Å². The number of anilines is 1. The highest BCUT2D eigenvalue weighted by atomic mass is 35.5. The second-order valence-electron chi connectivity index (χ2n) is 8.36. The van der Waals surface area contributed by atoms with Crippen LogP contribution in [0.3, 0.4) is 0 Å². The zero-order valence-corrected chi connectivity index (χ0v) is 23.7. The van der Waals surface area contributed by atoms with E-state index in [0.717, 1.165) is 0 Å². The molecule has 3 aromatic rings. The molecule has 3 rings (SSSR count). The van der Waals surface area contributed by atoms with Crippen molar-refractivity contribution >= 4 is 75.7 Å². The summed E-state index contributed by atoms with van der Waals surface area (Å²) >= 11 is 25.4. The first-order chi connectivity index (χ1) is 17.1. The molecule has 12 heteroatoms. The van der Waals surface area contributed by atoms with Gasteiger partial charge in [0.15, 0.2) is 11.0 Å². The van der Waals surface area contributed by atoms with Crippen LogP contribution in [-0.4, -0.2) is 32.3 Å². The van der Waals surface area contributed by atoms with Crippen molar-refractivity contribution in [2.75, 3.05) is 11.1 Å². The lowest BCUT2D eigenvalue weighted by molar-refractivity contribution is -0.113. The molecular weight excluding hydrogens is 564 g/mol. The van der Waals surface area contributed by atoms with E-state index in [4.69, 9.17) is 46.4 Å². The summed E-state index contributed by atoms with van der Waals surface area (Å²) in [6, 6.07) is 9.15. The molecule has 1 heterocycles. The van der Waals surface area contributed by atoms with E-state index in [-0.39, 0.29) is 28.5 Å². The quantitative estimate of drug-likeness (QED) is 0.245. The Kier molecular flexibility index (Phi) is 10.3. The van der Waals surface area contributed by atoms with Crippen molar-refractivity contribution in [3.05, 3.63) is 67.9 Å². The average Bonchev–Trinajstić information content (AvgIpc) is 3.19. The summed E-state index contributed by atoms with van der Waals surface area (Å²) in [5, 5.41) is 16.6. The first-order valence-electron chi connectivity index (χ1n) is 11.1. The molecule has 0 saturated heterocycles. The van der Waals surface area contributed by atoms with Gasteiger partial charge in [-0.3, -0.25) is 9.59 Å². The molecule has 0 unspecified atom stereocenters. The van der Waals surface area contributed by atoms with Gasteiger partial charge in [-0.2, -0.15) is 0 Å². The number of carbonyl (C=O) groups is 2. The summed E-state index contributed by atoms with van der Waals surface area (Å²) in [5.41, 5.74) is 0.834. The standard InChI is InChI=1S/C24H25Cl4N5O2S/c1-4-33-22(20(7-13(2)3)30-23(35)18-6-5-14(25)11-19(18)28)31-32-24(33)36-12-21(34)29-17-9-15(26)8-16(27)10-17/h5-6,8-11,13,20H,4,7,12H2,1-3H3,(H,29,34)(H,30,35)/t20-/m0/s1.